The lowest BCUT2D eigenvalue weighted by atomic mass is 9.83. The van der Waals surface area contributed by atoms with E-state index in [9.17, 15) is 10.2 Å². The molecular formula is C19H16O3. The molecule has 0 amide bonds. The molecule has 110 valence electrons. The molecule has 2 aromatic rings. The Morgan fingerprint density at radius 3 is 2.55 bits per heavy atom. The molecule has 0 radical (unpaired) electrons. The Hall–Kier alpha value is -2.68. The summed E-state index contributed by atoms with van der Waals surface area (Å²) in [6, 6.07) is 12.7. The van der Waals surface area contributed by atoms with Crippen LogP contribution < -0.4 is 4.74 Å². The molecular weight excluding hydrogens is 276 g/mol. The third kappa shape index (κ3) is 1.82. The van der Waals surface area contributed by atoms with Gasteiger partial charge in [0.15, 0.2) is 11.5 Å². The van der Waals surface area contributed by atoms with E-state index in [1.165, 1.54) is 0 Å². The molecule has 0 aromatic heterocycles. The van der Waals surface area contributed by atoms with E-state index >= 15 is 0 Å². The zero-order chi connectivity index (χ0) is 15.3. The Morgan fingerprint density at radius 1 is 1.00 bits per heavy atom. The van der Waals surface area contributed by atoms with Gasteiger partial charge in [-0.25, -0.2) is 0 Å². The van der Waals surface area contributed by atoms with Crippen LogP contribution in [0.15, 0.2) is 60.2 Å². The van der Waals surface area contributed by atoms with Crippen LogP contribution in [0.25, 0.3) is 5.57 Å². The van der Waals surface area contributed by atoms with Gasteiger partial charge in [-0.05, 0) is 41.8 Å². The van der Waals surface area contributed by atoms with Crippen LogP contribution in [0.4, 0.5) is 0 Å². The molecule has 1 aliphatic heterocycles. The van der Waals surface area contributed by atoms with Crippen molar-refractivity contribution in [3.63, 3.8) is 0 Å². The lowest BCUT2D eigenvalue weighted by molar-refractivity contribution is 0.324. The highest BCUT2D eigenvalue weighted by Crippen LogP contribution is 2.48. The van der Waals surface area contributed by atoms with Crippen LogP contribution in [0.5, 0.6) is 17.2 Å². The third-order valence-corrected chi connectivity index (χ3v) is 4.41. The van der Waals surface area contributed by atoms with E-state index in [1.807, 2.05) is 24.3 Å². The highest BCUT2D eigenvalue weighted by molar-refractivity contribution is 5.89. The molecule has 3 nitrogen and oxygen atoms in total. The van der Waals surface area contributed by atoms with Crippen molar-refractivity contribution in [2.75, 3.05) is 6.61 Å². The predicted molar refractivity (Wildman–Crippen MR) is 85.1 cm³/mol. The van der Waals surface area contributed by atoms with E-state index < -0.39 is 0 Å². The fourth-order valence-electron chi connectivity index (χ4n) is 3.27. The average Bonchev–Trinajstić information content (AvgIpc) is 2.86. The average molecular weight is 292 g/mol. The van der Waals surface area contributed by atoms with Crippen molar-refractivity contribution in [2.24, 2.45) is 0 Å². The second-order valence-electron chi connectivity index (χ2n) is 6.00. The quantitative estimate of drug-likeness (QED) is 0.841. The minimum absolute atomic E-state index is 0.177. The number of allylic oxidation sites excluding steroid dienone is 2. The van der Waals surface area contributed by atoms with Gasteiger partial charge in [-0.1, -0.05) is 36.4 Å². The van der Waals surface area contributed by atoms with Gasteiger partial charge >= 0.3 is 0 Å². The van der Waals surface area contributed by atoms with Crippen LogP contribution in [0, 0.1) is 0 Å². The number of aromatic hydroxyl groups is 2. The maximum Gasteiger partial charge on any atom is 0.169 e. The first kappa shape index (κ1) is 13.0. The summed E-state index contributed by atoms with van der Waals surface area (Å²) in [6.07, 6.45) is 4.40. The molecule has 2 aliphatic rings. The minimum atomic E-state index is -0.241. The predicted octanol–water partition coefficient (Wildman–Crippen LogP) is 3.77. The number of fused-ring (bicyclic) bond motifs is 3. The van der Waals surface area contributed by atoms with E-state index in [2.05, 4.69) is 19.1 Å². The Morgan fingerprint density at radius 2 is 1.77 bits per heavy atom. The summed E-state index contributed by atoms with van der Waals surface area (Å²) >= 11 is 0. The maximum absolute atomic E-state index is 9.95. The van der Waals surface area contributed by atoms with Gasteiger partial charge in [0.2, 0.25) is 0 Å². The lowest BCUT2D eigenvalue weighted by Gasteiger charge is -2.21. The van der Waals surface area contributed by atoms with Crippen molar-refractivity contribution in [2.45, 2.75) is 12.3 Å². The smallest absolute Gasteiger partial charge is 0.169 e. The van der Waals surface area contributed by atoms with Crippen LogP contribution >= 0.6 is 0 Å². The van der Waals surface area contributed by atoms with Crippen molar-refractivity contribution in [1.29, 1.82) is 0 Å². The first-order chi connectivity index (χ1) is 10.6. The molecule has 1 aliphatic carbocycles. The van der Waals surface area contributed by atoms with Gasteiger partial charge in [0, 0.05) is 11.0 Å². The van der Waals surface area contributed by atoms with Crippen LogP contribution in [0.1, 0.15) is 18.1 Å². The first-order valence-electron chi connectivity index (χ1n) is 7.26. The van der Waals surface area contributed by atoms with E-state index in [0.29, 0.717) is 12.4 Å². The Kier molecular flexibility index (Phi) is 2.61. The standard InChI is InChI=1S/C19H16O3/c1-19(13-5-7-14(20)8-6-13)9-12-11-22-18-15(16(12)10-19)3-2-4-17(18)21/h2-10,20-21H,11H2,1H3. The van der Waals surface area contributed by atoms with Gasteiger partial charge < -0.3 is 14.9 Å². The first-order valence-corrected chi connectivity index (χ1v) is 7.26. The molecule has 0 fully saturated rings. The molecule has 2 aromatic carbocycles. The third-order valence-electron chi connectivity index (χ3n) is 4.41. The van der Waals surface area contributed by atoms with Crippen LogP contribution in [-0.2, 0) is 5.41 Å². The van der Waals surface area contributed by atoms with Crippen LogP contribution in [0.3, 0.4) is 0 Å². The number of rotatable bonds is 1. The lowest BCUT2D eigenvalue weighted by Crippen LogP contribution is -2.13. The summed E-state index contributed by atoms with van der Waals surface area (Å²) in [5.41, 5.74) is 4.05. The summed E-state index contributed by atoms with van der Waals surface area (Å²) in [5, 5.41) is 19.4. The van der Waals surface area contributed by atoms with Crippen molar-refractivity contribution in [1.82, 2.24) is 0 Å². The molecule has 2 N–H and O–H groups in total. The van der Waals surface area contributed by atoms with Gasteiger partial charge in [-0.15, -0.1) is 0 Å². The molecule has 22 heavy (non-hydrogen) atoms. The number of para-hydroxylation sites is 1. The molecule has 0 saturated carbocycles. The van der Waals surface area contributed by atoms with E-state index in [0.717, 1.165) is 22.3 Å². The van der Waals surface area contributed by atoms with Gasteiger partial charge in [0.25, 0.3) is 0 Å². The van der Waals surface area contributed by atoms with E-state index in [1.54, 1.807) is 18.2 Å². The molecule has 0 bridgehead atoms. The molecule has 1 heterocycles. The monoisotopic (exact) mass is 292 g/mol. The van der Waals surface area contributed by atoms with Crippen molar-refractivity contribution >= 4 is 5.57 Å². The Labute approximate surface area is 128 Å². The highest BCUT2D eigenvalue weighted by atomic mass is 16.5. The fourth-order valence-corrected chi connectivity index (χ4v) is 3.27. The van der Waals surface area contributed by atoms with Crippen LogP contribution in [0.2, 0.25) is 0 Å². The topological polar surface area (TPSA) is 49.7 Å². The maximum atomic E-state index is 9.95. The van der Waals surface area contributed by atoms with Gasteiger partial charge in [0.05, 0.1) is 0 Å². The second-order valence-corrected chi connectivity index (χ2v) is 6.00. The number of phenols is 2. The summed E-state index contributed by atoms with van der Waals surface area (Å²) in [5.74, 6) is 0.998. The molecule has 1 atom stereocenters. The molecule has 1 unspecified atom stereocenters. The summed E-state index contributed by atoms with van der Waals surface area (Å²) in [7, 11) is 0. The van der Waals surface area contributed by atoms with Crippen molar-refractivity contribution in [3.05, 3.63) is 71.3 Å². The summed E-state index contributed by atoms with van der Waals surface area (Å²) in [4.78, 5) is 0. The van der Waals surface area contributed by atoms with Gasteiger partial charge in [-0.2, -0.15) is 0 Å². The number of hydrogen-bond donors (Lipinski definition) is 2. The zero-order valence-electron chi connectivity index (χ0n) is 12.2. The van der Waals surface area contributed by atoms with E-state index in [-0.39, 0.29) is 16.9 Å². The SMILES string of the molecule is CC1(c2ccc(O)cc2)C=C2COc3c(O)cccc3C2=C1. The van der Waals surface area contributed by atoms with Crippen molar-refractivity contribution in [3.8, 4) is 17.2 Å². The van der Waals surface area contributed by atoms with Crippen molar-refractivity contribution < 1.29 is 14.9 Å². The summed E-state index contributed by atoms with van der Waals surface area (Å²) in [6.45, 7) is 2.60. The number of phenolic OH excluding ortho intramolecular Hbond substituents is 2. The highest BCUT2D eigenvalue weighted by Gasteiger charge is 2.34. The molecule has 3 heteroatoms. The minimum Gasteiger partial charge on any atom is -0.508 e. The number of benzene rings is 2. The Bertz CT molecular complexity index is 815. The Balaban J connectivity index is 1.85. The molecule has 0 saturated heterocycles. The number of ether oxygens (including phenoxy) is 1. The van der Waals surface area contributed by atoms with Crippen LogP contribution in [-0.4, -0.2) is 16.8 Å². The van der Waals surface area contributed by atoms with Gasteiger partial charge in [-0.3, -0.25) is 0 Å². The fraction of sp³-hybridized carbons (Fsp3) is 0.158. The van der Waals surface area contributed by atoms with Gasteiger partial charge in [0.1, 0.15) is 12.4 Å². The normalized spacial score (nSPS) is 22.2. The van der Waals surface area contributed by atoms with E-state index in [4.69, 9.17) is 4.74 Å². The molecule has 4 rings (SSSR count). The number of hydrogen-bond acceptors (Lipinski definition) is 3. The summed E-state index contributed by atoms with van der Waals surface area (Å²) < 4.78 is 5.72. The largest absolute Gasteiger partial charge is 0.508 e. The second kappa shape index (κ2) is 4.41. The molecule has 0 spiro atoms. The zero-order valence-corrected chi connectivity index (χ0v) is 12.2.